The van der Waals surface area contributed by atoms with Gasteiger partial charge in [-0.1, -0.05) is 41.5 Å². The van der Waals surface area contributed by atoms with Gasteiger partial charge in [0.2, 0.25) is 0 Å². The lowest BCUT2D eigenvalue weighted by molar-refractivity contribution is 0.324. The maximum Gasteiger partial charge on any atom is 0.124 e. The van der Waals surface area contributed by atoms with Crippen LogP contribution in [0.4, 0.5) is 0 Å². The molecule has 1 heterocycles. The highest BCUT2D eigenvalue weighted by Gasteiger charge is 2.27. The monoisotopic (exact) mass is 453 g/mol. The van der Waals surface area contributed by atoms with Gasteiger partial charge in [0.25, 0.3) is 0 Å². The van der Waals surface area contributed by atoms with Gasteiger partial charge in [0.15, 0.2) is 0 Å². The van der Waals surface area contributed by atoms with E-state index in [9.17, 15) is 5.11 Å². The number of hydrogen-bond acceptors (Lipinski definition) is 5. The van der Waals surface area contributed by atoms with Crippen molar-refractivity contribution in [3.8, 4) is 22.1 Å². The van der Waals surface area contributed by atoms with Crippen molar-refractivity contribution in [1.29, 1.82) is 5.41 Å². The van der Waals surface area contributed by atoms with Crippen molar-refractivity contribution in [3.63, 3.8) is 0 Å². The smallest absolute Gasteiger partial charge is 0.124 e. The van der Waals surface area contributed by atoms with E-state index in [1.54, 1.807) is 16.2 Å². The molecule has 5 nitrogen and oxygen atoms in total. The number of nitrogens with one attached hydrogen (secondary N) is 1. The first-order valence-electron chi connectivity index (χ1n) is 10.9. The Morgan fingerprint density at radius 1 is 1.03 bits per heavy atom. The quantitative estimate of drug-likeness (QED) is 0.338. The van der Waals surface area contributed by atoms with Crippen molar-refractivity contribution >= 4 is 27.4 Å². The van der Waals surface area contributed by atoms with E-state index in [2.05, 4.69) is 53.7 Å². The molecule has 1 aromatic heterocycles. The van der Waals surface area contributed by atoms with Crippen LogP contribution in [0.1, 0.15) is 59.1 Å². The Bertz CT molecular complexity index is 1100. The van der Waals surface area contributed by atoms with Crippen molar-refractivity contribution in [1.82, 2.24) is 9.88 Å². The van der Waals surface area contributed by atoms with Crippen molar-refractivity contribution in [3.05, 3.63) is 41.5 Å². The molecule has 2 aromatic carbocycles. The summed E-state index contributed by atoms with van der Waals surface area (Å²) < 4.78 is 6.93. The SMILES string of the molecule is CN(C)C(=N)CCOc1ccc2nc(-c3cc(C(C)(C)C)c(O)c(C(C)(C)C)c3)sc2c1. The van der Waals surface area contributed by atoms with Crippen LogP contribution in [0.5, 0.6) is 11.5 Å². The molecule has 0 bridgehead atoms. The fourth-order valence-electron chi connectivity index (χ4n) is 3.51. The van der Waals surface area contributed by atoms with Crippen LogP contribution in [0.3, 0.4) is 0 Å². The number of ether oxygens (including phenoxy) is 1. The first-order chi connectivity index (χ1) is 14.8. The van der Waals surface area contributed by atoms with Crippen molar-refractivity contribution in [2.24, 2.45) is 0 Å². The lowest BCUT2D eigenvalue weighted by Gasteiger charge is -2.28. The standard InChI is InChI=1S/C26H35N3O2S/c1-25(2,3)18-13-16(14-19(23(18)30)26(4,5)6)24-28-20-10-9-17(15-21(20)32-24)31-12-11-22(27)29(7)8/h9-10,13-15,27,30H,11-12H2,1-8H3. The molecule has 0 saturated carbocycles. The first-order valence-corrected chi connectivity index (χ1v) is 11.8. The Hall–Kier alpha value is -2.60. The van der Waals surface area contributed by atoms with Crippen LogP contribution in [0, 0.1) is 5.41 Å². The second-order valence-electron chi connectivity index (χ2n) is 10.5. The van der Waals surface area contributed by atoms with E-state index in [0.717, 1.165) is 37.7 Å². The van der Waals surface area contributed by atoms with Crippen LogP contribution in [0.25, 0.3) is 20.8 Å². The average molecular weight is 454 g/mol. The van der Waals surface area contributed by atoms with Crippen LogP contribution in [-0.4, -0.2) is 41.5 Å². The second kappa shape index (κ2) is 8.74. The maximum atomic E-state index is 11.0. The van der Waals surface area contributed by atoms with Crippen molar-refractivity contribution < 1.29 is 9.84 Å². The summed E-state index contributed by atoms with van der Waals surface area (Å²) >= 11 is 1.63. The third-order valence-electron chi connectivity index (χ3n) is 5.48. The highest BCUT2D eigenvalue weighted by Crippen LogP contribution is 2.43. The molecule has 0 aliphatic carbocycles. The summed E-state index contributed by atoms with van der Waals surface area (Å²) in [4.78, 5) is 6.66. The number of thiazole rings is 1. The molecule has 0 spiro atoms. The van der Waals surface area contributed by atoms with Gasteiger partial charge in [0, 0.05) is 37.2 Å². The van der Waals surface area contributed by atoms with Gasteiger partial charge in [-0.15, -0.1) is 11.3 Å². The number of phenolic OH excluding ortho intramolecular Hbond substituents is 1. The third kappa shape index (κ3) is 5.23. The van der Waals surface area contributed by atoms with E-state index >= 15 is 0 Å². The Morgan fingerprint density at radius 2 is 1.62 bits per heavy atom. The van der Waals surface area contributed by atoms with E-state index in [4.69, 9.17) is 15.1 Å². The molecule has 0 fully saturated rings. The fourth-order valence-corrected chi connectivity index (χ4v) is 4.49. The molecule has 0 aliphatic heterocycles. The minimum atomic E-state index is -0.182. The fraction of sp³-hybridized carbons (Fsp3) is 0.462. The van der Waals surface area contributed by atoms with Gasteiger partial charge >= 0.3 is 0 Å². The van der Waals surface area contributed by atoms with E-state index in [1.165, 1.54) is 0 Å². The predicted octanol–water partition coefficient (Wildman–Crippen LogP) is 6.57. The number of rotatable bonds is 5. The number of nitrogens with zero attached hydrogens (tertiary/aromatic N) is 2. The van der Waals surface area contributed by atoms with Crippen molar-refractivity contribution in [2.45, 2.75) is 58.8 Å². The van der Waals surface area contributed by atoms with Gasteiger partial charge in [-0.25, -0.2) is 4.98 Å². The molecule has 32 heavy (non-hydrogen) atoms. The molecule has 0 radical (unpaired) electrons. The summed E-state index contributed by atoms with van der Waals surface area (Å²) in [5.74, 6) is 1.72. The van der Waals surface area contributed by atoms with Crippen molar-refractivity contribution in [2.75, 3.05) is 20.7 Å². The number of fused-ring (bicyclic) bond motifs is 1. The first kappa shape index (κ1) is 24.1. The zero-order chi connectivity index (χ0) is 23.8. The third-order valence-corrected chi connectivity index (χ3v) is 6.55. The maximum absolute atomic E-state index is 11.0. The Labute approximate surface area is 195 Å². The minimum absolute atomic E-state index is 0.182. The minimum Gasteiger partial charge on any atom is -0.507 e. The largest absolute Gasteiger partial charge is 0.507 e. The molecule has 3 aromatic rings. The summed E-state index contributed by atoms with van der Waals surface area (Å²) in [6.45, 7) is 13.2. The predicted molar refractivity (Wildman–Crippen MR) is 136 cm³/mol. The molecular weight excluding hydrogens is 418 g/mol. The van der Waals surface area contributed by atoms with Gasteiger partial charge < -0.3 is 14.7 Å². The Morgan fingerprint density at radius 3 is 2.16 bits per heavy atom. The molecule has 3 rings (SSSR count). The van der Waals surface area contributed by atoms with Crippen LogP contribution < -0.4 is 4.74 Å². The van der Waals surface area contributed by atoms with Gasteiger partial charge in [-0.05, 0) is 41.2 Å². The molecular formula is C26H35N3O2S. The zero-order valence-corrected chi connectivity index (χ0v) is 21.3. The van der Waals surface area contributed by atoms with Gasteiger partial charge in [-0.3, -0.25) is 5.41 Å². The summed E-state index contributed by atoms with van der Waals surface area (Å²) in [6, 6.07) is 10.1. The summed E-state index contributed by atoms with van der Waals surface area (Å²) in [5, 5.41) is 19.8. The molecule has 0 saturated heterocycles. The average Bonchev–Trinajstić information content (AvgIpc) is 3.09. The summed E-state index contributed by atoms with van der Waals surface area (Å²) in [6.07, 6.45) is 0.567. The Kier molecular flexibility index (Phi) is 6.57. The summed E-state index contributed by atoms with van der Waals surface area (Å²) in [5.41, 5.74) is 3.47. The number of phenols is 1. The lowest BCUT2D eigenvalue weighted by atomic mass is 9.78. The van der Waals surface area contributed by atoms with Crippen LogP contribution >= 0.6 is 11.3 Å². The molecule has 0 atom stereocenters. The Balaban J connectivity index is 1.96. The van der Waals surface area contributed by atoms with Gasteiger partial charge in [0.1, 0.15) is 16.5 Å². The molecule has 0 aliphatic rings. The van der Waals surface area contributed by atoms with Crippen LogP contribution in [-0.2, 0) is 10.8 Å². The second-order valence-corrected chi connectivity index (χ2v) is 11.5. The highest BCUT2D eigenvalue weighted by atomic mass is 32.1. The topological polar surface area (TPSA) is 69.4 Å². The number of aromatic hydroxyl groups is 1. The number of aromatic nitrogens is 1. The zero-order valence-electron chi connectivity index (χ0n) is 20.5. The van der Waals surface area contributed by atoms with E-state index < -0.39 is 0 Å². The van der Waals surface area contributed by atoms with E-state index in [-0.39, 0.29) is 10.8 Å². The number of hydrogen-bond donors (Lipinski definition) is 2. The van der Waals surface area contributed by atoms with Crippen LogP contribution in [0.15, 0.2) is 30.3 Å². The molecule has 172 valence electrons. The normalized spacial score (nSPS) is 12.2. The molecule has 0 amide bonds. The number of benzene rings is 2. The number of amidine groups is 1. The molecule has 6 heteroatoms. The van der Waals surface area contributed by atoms with Gasteiger partial charge in [-0.2, -0.15) is 0 Å². The lowest BCUT2D eigenvalue weighted by Crippen LogP contribution is -2.22. The molecule has 2 N–H and O–H groups in total. The van der Waals surface area contributed by atoms with E-state index in [0.29, 0.717) is 24.6 Å². The van der Waals surface area contributed by atoms with Gasteiger partial charge in [0.05, 0.1) is 22.7 Å². The van der Waals surface area contributed by atoms with Crippen LogP contribution in [0.2, 0.25) is 0 Å². The molecule has 0 unspecified atom stereocenters. The summed E-state index contributed by atoms with van der Waals surface area (Å²) in [7, 11) is 3.74. The van der Waals surface area contributed by atoms with E-state index in [1.807, 2.05) is 32.3 Å². The highest BCUT2D eigenvalue weighted by molar-refractivity contribution is 7.21.